The van der Waals surface area contributed by atoms with Crippen molar-refractivity contribution in [3.05, 3.63) is 53.6 Å². The van der Waals surface area contributed by atoms with Gasteiger partial charge in [0, 0.05) is 13.1 Å². The van der Waals surface area contributed by atoms with Crippen LogP contribution in [-0.2, 0) is 9.59 Å². The zero-order chi connectivity index (χ0) is 21.1. The van der Waals surface area contributed by atoms with Crippen LogP contribution in [0.4, 0.5) is 5.69 Å². The number of benzene rings is 2. The molecule has 6 heteroatoms. The number of piperidine rings is 1. The molecule has 0 bridgehead atoms. The van der Waals surface area contributed by atoms with Crippen LogP contribution in [0.15, 0.2) is 42.5 Å². The second kappa shape index (κ2) is 8.78. The number of hydrogen-bond acceptors (Lipinski definition) is 4. The van der Waals surface area contributed by atoms with Gasteiger partial charge in [0.15, 0.2) is 12.7 Å². The summed E-state index contributed by atoms with van der Waals surface area (Å²) >= 11 is 0. The predicted octanol–water partition coefficient (Wildman–Crippen LogP) is 3.49. The molecule has 6 nitrogen and oxygen atoms in total. The summed E-state index contributed by atoms with van der Waals surface area (Å²) in [5.41, 5.74) is 2.65. The second-order valence-electron chi connectivity index (χ2n) is 7.97. The molecule has 2 aliphatic heterocycles. The number of nitrogens with zero attached hydrogens (tertiary/aromatic N) is 2. The Labute approximate surface area is 177 Å². The lowest BCUT2D eigenvalue weighted by molar-refractivity contribution is -0.139. The van der Waals surface area contributed by atoms with Crippen LogP contribution in [0.1, 0.15) is 30.4 Å². The fraction of sp³-hybridized carbons (Fsp3) is 0.417. The number of carbonyl (C=O) groups is 2. The lowest BCUT2D eigenvalue weighted by atomic mass is 10.1. The third-order valence-electron chi connectivity index (χ3n) is 5.77. The van der Waals surface area contributed by atoms with Crippen LogP contribution in [0, 0.1) is 13.8 Å². The zero-order valence-corrected chi connectivity index (χ0v) is 17.6. The van der Waals surface area contributed by atoms with Crippen molar-refractivity contribution in [3.8, 4) is 11.5 Å². The maximum absolute atomic E-state index is 13.1. The topological polar surface area (TPSA) is 59.1 Å². The number of likely N-dealkylation sites (tertiary alicyclic amines) is 1. The Bertz CT molecular complexity index is 916. The minimum atomic E-state index is -0.692. The average Bonchev–Trinajstić information content (AvgIpc) is 2.78. The minimum Gasteiger partial charge on any atom is -0.483 e. The van der Waals surface area contributed by atoms with Gasteiger partial charge in [0.05, 0.1) is 12.2 Å². The summed E-state index contributed by atoms with van der Waals surface area (Å²) in [5.74, 6) is 1.05. The van der Waals surface area contributed by atoms with E-state index < -0.39 is 6.10 Å². The van der Waals surface area contributed by atoms with E-state index in [4.69, 9.17) is 9.47 Å². The molecule has 2 heterocycles. The van der Waals surface area contributed by atoms with E-state index in [1.807, 2.05) is 55.1 Å². The van der Waals surface area contributed by atoms with E-state index in [-0.39, 0.29) is 25.0 Å². The summed E-state index contributed by atoms with van der Waals surface area (Å²) < 4.78 is 11.9. The molecular weight excluding hydrogens is 380 g/mol. The van der Waals surface area contributed by atoms with Gasteiger partial charge >= 0.3 is 0 Å². The SMILES string of the molecule is Cc1cccc(C)c1OCC(=O)N1C[C@@H](C(=O)N2CCCCC2)Oc2ccccc21. The molecule has 0 spiro atoms. The molecule has 1 saturated heterocycles. The molecule has 0 N–H and O–H groups in total. The van der Waals surface area contributed by atoms with Crippen molar-refractivity contribution in [1.82, 2.24) is 4.90 Å². The Morgan fingerprint density at radius 3 is 2.43 bits per heavy atom. The van der Waals surface area contributed by atoms with Crippen LogP contribution in [0.2, 0.25) is 0 Å². The van der Waals surface area contributed by atoms with Gasteiger partial charge in [0.1, 0.15) is 11.5 Å². The van der Waals surface area contributed by atoms with E-state index in [1.54, 1.807) is 11.0 Å². The van der Waals surface area contributed by atoms with Gasteiger partial charge in [-0.25, -0.2) is 0 Å². The van der Waals surface area contributed by atoms with E-state index >= 15 is 0 Å². The normalized spacial score (nSPS) is 18.4. The third-order valence-corrected chi connectivity index (χ3v) is 5.77. The van der Waals surface area contributed by atoms with Crippen molar-refractivity contribution in [3.63, 3.8) is 0 Å². The standard InChI is InChI=1S/C24H28N2O4/c1-17-9-8-10-18(2)23(17)29-16-22(27)26-15-21(24(28)25-13-6-3-7-14-25)30-20-12-5-4-11-19(20)26/h4-5,8-12,21H,3,6-7,13-16H2,1-2H3/t21-/m0/s1. The first-order valence-electron chi connectivity index (χ1n) is 10.6. The fourth-order valence-corrected chi connectivity index (χ4v) is 4.16. The van der Waals surface area contributed by atoms with Gasteiger partial charge in [-0.3, -0.25) is 9.59 Å². The molecule has 0 aliphatic carbocycles. The van der Waals surface area contributed by atoms with Gasteiger partial charge in [-0.1, -0.05) is 30.3 Å². The molecule has 2 aromatic carbocycles. The highest BCUT2D eigenvalue weighted by Crippen LogP contribution is 2.34. The minimum absolute atomic E-state index is 0.0438. The van der Waals surface area contributed by atoms with Gasteiger partial charge in [-0.05, 0) is 56.4 Å². The maximum Gasteiger partial charge on any atom is 0.265 e. The number of fused-ring (bicyclic) bond motifs is 1. The van der Waals surface area contributed by atoms with Crippen molar-refractivity contribution in [1.29, 1.82) is 0 Å². The molecule has 0 unspecified atom stereocenters. The molecule has 2 aliphatic rings. The first-order valence-corrected chi connectivity index (χ1v) is 10.6. The van der Waals surface area contributed by atoms with Crippen LogP contribution >= 0.6 is 0 Å². The van der Waals surface area contributed by atoms with Crippen molar-refractivity contribution in [2.24, 2.45) is 0 Å². The van der Waals surface area contributed by atoms with Gasteiger partial charge in [-0.15, -0.1) is 0 Å². The molecule has 1 atom stereocenters. The van der Waals surface area contributed by atoms with E-state index in [9.17, 15) is 9.59 Å². The third kappa shape index (κ3) is 4.13. The molecule has 1 fully saturated rings. The molecule has 158 valence electrons. The molecule has 30 heavy (non-hydrogen) atoms. The Balaban J connectivity index is 1.52. The van der Waals surface area contributed by atoms with Gasteiger partial charge < -0.3 is 19.3 Å². The summed E-state index contributed by atoms with van der Waals surface area (Å²) in [4.78, 5) is 29.6. The fourth-order valence-electron chi connectivity index (χ4n) is 4.16. The lowest BCUT2D eigenvalue weighted by Crippen LogP contribution is -2.53. The molecule has 2 amide bonds. The number of anilines is 1. The first-order chi connectivity index (χ1) is 14.5. The van der Waals surface area contributed by atoms with E-state index in [0.717, 1.165) is 49.2 Å². The van der Waals surface area contributed by atoms with Crippen molar-refractivity contribution >= 4 is 17.5 Å². The highest BCUT2D eigenvalue weighted by Gasteiger charge is 2.36. The van der Waals surface area contributed by atoms with Crippen LogP contribution in [0.25, 0.3) is 0 Å². The van der Waals surface area contributed by atoms with Crippen molar-refractivity contribution < 1.29 is 19.1 Å². The maximum atomic E-state index is 13.1. The van der Waals surface area contributed by atoms with E-state index in [2.05, 4.69) is 0 Å². The van der Waals surface area contributed by atoms with Crippen LogP contribution in [0.3, 0.4) is 0 Å². The second-order valence-corrected chi connectivity index (χ2v) is 7.97. The Kier molecular flexibility index (Phi) is 5.93. The number of para-hydroxylation sites is 3. The molecule has 2 aromatic rings. The summed E-state index contributed by atoms with van der Waals surface area (Å²) in [6.45, 7) is 5.54. The van der Waals surface area contributed by atoms with Gasteiger partial charge in [0.25, 0.3) is 11.8 Å². The number of carbonyl (C=O) groups excluding carboxylic acids is 2. The number of aryl methyl sites for hydroxylation is 2. The monoisotopic (exact) mass is 408 g/mol. The highest BCUT2D eigenvalue weighted by atomic mass is 16.5. The highest BCUT2D eigenvalue weighted by molar-refractivity contribution is 5.98. The largest absolute Gasteiger partial charge is 0.483 e. The molecule has 0 aromatic heterocycles. The Morgan fingerprint density at radius 2 is 1.70 bits per heavy atom. The van der Waals surface area contributed by atoms with Gasteiger partial charge in [0.2, 0.25) is 0 Å². The summed E-state index contributed by atoms with van der Waals surface area (Å²) in [6.07, 6.45) is 2.49. The van der Waals surface area contributed by atoms with Crippen LogP contribution in [0.5, 0.6) is 11.5 Å². The summed E-state index contributed by atoms with van der Waals surface area (Å²) in [7, 11) is 0. The summed E-state index contributed by atoms with van der Waals surface area (Å²) in [5, 5.41) is 0. The average molecular weight is 408 g/mol. The molecule has 0 radical (unpaired) electrons. The first kappa shape index (κ1) is 20.3. The van der Waals surface area contributed by atoms with Crippen molar-refractivity contribution in [2.75, 3.05) is 31.1 Å². The summed E-state index contributed by atoms with van der Waals surface area (Å²) in [6, 6.07) is 13.2. The number of ether oxygens (including phenoxy) is 2. The Morgan fingerprint density at radius 1 is 1.00 bits per heavy atom. The molecule has 4 rings (SSSR count). The predicted molar refractivity (Wildman–Crippen MR) is 115 cm³/mol. The van der Waals surface area contributed by atoms with Crippen LogP contribution < -0.4 is 14.4 Å². The Hall–Kier alpha value is -3.02. The number of rotatable bonds is 4. The van der Waals surface area contributed by atoms with E-state index in [0.29, 0.717) is 11.4 Å². The smallest absolute Gasteiger partial charge is 0.265 e. The molecule has 0 saturated carbocycles. The lowest BCUT2D eigenvalue weighted by Gasteiger charge is -2.37. The van der Waals surface area contributed by atoms with Gasteiger partial charge in [-0.2, -0.15) is 0 Å². The quantitative estimate of drug-likeness (QED) is 0.777. The molecular formula is C24H28N2O4. The van der Waals surface area contributed by atoms with E-state index in [1.165, 1.54) is 0 Å². The number of amides is 2. The number of hydrogen-bond donors (Lipinski definition) is 0. The van der Waals surface area contributed by atoms with Crippen molar-refractivity contribution in [2.45, 2.75) is 39.2 Å². The van der Waals surface area contributed by atoms with Crippen LogP contribution in [-0.4, -0.2) is 49.1 Å². The zero-order valence-electron chi connectivity index (χ0n) is 17.6.